The lowest BCUT2D eigenvalue weighted by Gasteiger charge is -2.12. The third-order valence-corrected chi connectivity index (χ3v) is 3.31. The monoisotopic (exact) mass is 305 g/mol. The Balaban J connectivity index is 1.92. The fourth-order valence-electron chi connectivity index (χ4n) is 2.14. The zero-order chi connectivity index (χ0) is 16.2. The van der Waals surface area contributed by atoms with Crippen LogP contribution >= 0.6 is 0 Å². The molecule has 2 rings (SSSR count). The lowest BCUT2D eigenvalue weighted by Crippen LogP contribution is -2.12. The molecule has 23 heavy (non-hydrogen) atoms. The van der Waals surface area contributed by atoms with E-state index in [0.717, 1.165) is 18.4 Å². The van der Waals surface area contributed by atoms with Crippen molar-refractivity contribution in [2.75, 3.05) is 6.54 Å². The molecule has 0 heterocycles. The largest absolute Gasteiger partial charge is 0.361 e. The molecule has 0 radical (unpaired) electrons. The van der Waals surface area contributed by atoms with Crippen LogP contribution in [0.3, 0.4) is 0 Å². The van der Waals surface area contributed by atoms with Crippen LogP contribution in [0.5, 0.6) is 0 Å². The van der Waals surface area contributed by atoms with E-state index in [9.17, 15) is 0 Å². The van der Waals surface area contributed by atoms with Gasteiger partial charge in [-0.05, 0) is 29.5 Å². The van der Waals surface area contributed by atoms with Gasteiger partial charge in [-0.2, -0.15) is 0 Å². The van der Waals surface area contributed by atoms with E-state index >= 15 is 0 Å². The number of hydrogen-bond donors (Lipinski definition) is 0. The van der Waals surface area contributed by atoms with E-state index in [-0.39, 0.29) is 12.6 Å². The third kappa shape index (κ3) is 6.71. The summed E-state index contributed by atoms with van der Waals surface area (Å²) in [7, 11) is 0. The van der Waals surface area contributed by atoms with E-state index in [2.05, 4.69) is 34.0 Å². The fraction of sp³-hybridized carbons (Fsp3) is 0.263. The summed E-state index contributed by atoms with van der Waals surface area (Å²) in [5.74, 6) is 5.92. The molecule has 0 N–H and O–H groups in total. The van der Waals surface area contributed by atoms with Crippen molar-refractivity contribution >= 4 is 0 Å². The SMILES string of the molecule is [N-]=[N+]=NCC#CC(CCc1ccccc1)OCc1ccccc1. The Morgan fingerprint density at radius 1 is 1.00 bits per heavy atom. The van der Waals surface area contributed by atoms with Crippen molar-refractivity contribution in [2.45, 2.75) is 25.6 Å². The number of nitrogens with zero attached hydrogens (tertiary/aromatic N) is 3. The highest BCUT2D eigenvalue weighted by Gasteiger charge is 2.06. The normalized spacial score (nSPS) is 11.0. The summed E-state index contributed by atoms with van der Waals surface area (Å²) in [6.07, 6.45) is 1.53. The van der Waals surface area contributed by atoms with Crippen molar-refractivity contribution in [3.05, 3.63) is 82.2 Å². The number of rotatable bonds is 7. The standard InChI is InChI=1S/C19H19N3O/c20-22-21-15-7-12-19(14-13-17-8-3-1-4-9-17)23-16-18-10-5-2-6-11-18/h1-6,8-11,19H,13-16H2. The van der Waals surface area contributed by atoms with Crippen molar-refractivity contribution in [1.82, 2.24) is 0 Å². The second-order valence-corrected chi connectivity index (χ2v) is 5.02. The average Bonchev–Trinajstić information content (AvgIpc) is 2.62. The van der Waals surface area contributed by atoms with Gasteiger partial charge in [0.15, 0.2) is 0 Å². The second-order valence-electron chi connectivity index (χ2n) is 5.02. The molecule has 0 saturated carbocycles. The molecule has 1 unspecified atom stereocenters. The van der Waals surface area contributed by atoms with Gasteiger partial charge in [0.25, 0.3) is 0 Å². The number of aryl methyl sites for hydroxylation is 1. The highest BCUT2D eigenvalue weighted by molar-refractivity contribution is 5.17. The maximum atomic E-state index is 8.29. The Morgan fingerprint density at radius 2 is 1.65 bits per heavy atom. The van der Waals surface area contributed by atoms with Gasteiger partial charge in [0, 0.05) is 4.91 Å². The van der Waals surface area contributed by atoms with Crippen LogP contribution in [0.15, 0.2) is 65.8 Å². The molecule has 116 valence electrons. The molecule has 0 fully saturated rings. The number of hydrogen-bond acceptors (Lipinski definition) is 2. The molecular weight excluding hydrogens is 286 g/mol. The molecule has 0 bridgehead atoms. The van der Waals surface area contributed by atoms with E-state index < -0.39 is 0 Å². The Bertz CT molecular complexity index is 639. The Hall–Kier alpha value is -2.73. The molecule has 0 saturated heterocycles. The van der Waals surface area contributed by atoms with E-state index in [1.54, 1.807) is 0 Å². The predicted octanol–water partition coefficient (Wildman–Crippen LogP) is 4.52. The molecule has 0 aliphatic rings. The molecule has 0 amide bonds. The van der Waals surface area contributed by atoms with Gasteiger partial charge in [-0.15, -0.1) is 0 Å². The minimum absolute atomic E-state index is 0.174. The van der Waals surface area contributed by atoms with Crippen molar-refractivity contribution in [2.24, 2.45) is 5.11 Å². The summed E-state index contributed by atoms with van der Waals surface area (Å²) in [4.78, 5) is 2.70. The van der Waals surface area contributed by atoms with E-state index in [1.807, 2.05) is 48.5 Å². The van der Waals surface area contributed by atoms with Crippen molar-refractivity contribution in [3.8, 4) is 11.8 Å². The van der Waals surface area contributed by atoms with Crippen molar-refractivity contribution in [3.63, 3.8) is 0 Å². The number of ether oxygens (including phenoxy) is 1. The Morgan fingerprint density at radius 3 is 2.30 bits per heavy atom. The first-order valence-electron chi connectivity index (χ1n) is 7.57. The Kier molecular flexibility index (Phi) is 7.29. The van der Waals surface area contributed by atoms with Crippen LogP contribution in [0.1, 0.15) is 17.5 Å². The van der Waals surface area contributed by atoms with E-state index in [4.69, 9.17) is 10.3 Å². The van der Waals surface area contributed by atoms with E-state index in [1.165, 1.54) is 5.56 Å². The quantitative estimate of drug-likeness (QED) is 0.321. The zero-order valence-electron chi connectivity index (χ0n) is 12.9. The lowest BCUT2D eigenvalue weighted by molar-refractivity contribution is 0.0728. The second kappa shape index (κ2) is 10.1. The summed E-state index contributed by atoms with van der Waals surface area (Å²) in [5, 5.41) is 3.43. The van der Waals surface area contributed by atoms with Gasteiger partial charge in [0.1, 0.15) is 6.10 Å². The first-order valence-corrected chi connectivity index (χ1v) is 7.57. The zero-order valence-corrected chi connectivity index (χ0v) is 12.9. The van der Waals surface area contributed by atoms with E-state index in [0.29, 0.717) is 6.61 Å². The molecule has 0 aliphatic heterocycles. The summed E-state index contributed by atoms with van der Waals surface area (Å²) >= 11 is 0. The first kappa shape index (κ1) is 16.6. The van der Waals surface area contributed by atoms with Gasteiger partial charge in [-0.25, -0.2) is 0 Å². The minimum Gasteiger partial charge on any atom is -0.361 e. The molecule has 0 aromatic heterocycles. The lowest BCUT2D eigenvalue weighted by atomic mass is 10.1. The van der Waals surface area contributed by atoms with Gasteiger partial charge in [0.2, 0.25) is 0 Å². The van der Waals surface area contributed by atoms with Gasteiger partial charge in [0.05, 0.1) is 13.2 Å². The van der Waals surface area contributed by atoms with Crippen molar-refractivity contribution in [1.29, 1.82) is 0 Å². The average molecular weight is 305 g/mol. The molecule has 4 nitrogen and oxygen atoms in total. The first-order chi connectivity index (χ1) is 11.4. The highest BCUT2D eigenvalue weighted by Crippen LogP contribution is 2.10. The molecule has 0 spiro atoms. The molecule has 2 aromatic rings. The molecule has 1 atom stereocenters. The van der Waals surface area contributed by atoms with Gasteiger partial charge < -0.3 is 4.74 Å². The molecule has 2 aromatic carbocycles. The van der Waals surface area contributed by atoms with Crippen LogP contribution in [-0.4, -0.2) is 12.6 Å². The van der Waals surface area contributed by atoms with Crippen LogP contribution in [0.2, 0.25) is 0 Å². The molecule has 0 aliphatic carbocycles. The maximum Gasteiger partial charge on any atom is 0.119 e. The third-order valence-electron chi connectivity index (χ3n) is 3.31. The van der Waals surface area contributed by atoms with Gasteiger partial charge in [-0.1, -0.05) is 77.6 Å². The van der Waals surface area contributed by atoms with Crippen LogP contribution in [0.4, 0.5) is 0 Å². The topological polar surface area (TPSA) is 58.0 Å². The summed E-state index contributed by atoms with van der Waals surface area (Å²) in [6, 6.07) is 20.3. The maximum absolute atomic E-state index is 8.29. The minimum atomic E-state index is -0.177. The van der Waals surface area contributed by atoms with Crippen LogP contribution in [0.25, 0.3) is 10.4 Å². The van der Waals surface area contributed by atoms with Gasteiger partial charge >= 0.3 is 0 Å². The summed E-state index contributed by atoms with van der Waals surface area (Å²) in [5.41, 5.74) is 10.7. The van der Waals surface area contributed by atoms with Crippen LogP contribution < -0.4 is 0 Å². The van der Waals surface area contributed by atoms with Crippen LogP contribution in [-0.2, 0) is 17.8 Å². The number of benzene rings is 2. The fourth-order valence-corrected chi connectivity index (χ4v) is 2.14. The summed E-state index contributed by atoms with van der Waals surface area (Å²) in [6.45, 7) is 0.698. The molecule has 4 heteroatoms. The predicted molar refractivity (Wildman–Crippen MR) is 91.6 cm³/mol. The summed E-state index contributed by atoms with van der Waals surface area (Å²) < 4.78 is 5.92. The number of azide groups is 1. The van der Waals surface area contributed by atoms with Gasteiger partial charge in [-0.3, -0.25) is 0 Å². The van der Waals surface area contributed by atoms with Crippen molar-refractivity contribution < 1.29 is 4.74 Å². The molecular formula is C19H19N3O. The Labute approximate surface area is 136 Å². The smallest absolute Gasteiger partial charge is 0.119 e. The van der Waals surface area contributed by atoms with Crippen LogP contribution in [0, 0.1) is 11.8 Å². The highest BCUT2D eigenvalue weighted by atomic mass is 16.5.